The first kappa shape index (κ1) is 31.9. The van der Waals surface area contributed by atoms with E-state index >= 15 is 0 Å². The Morgan fingerprint density at radius 3 is 2.33 bits per heavy atom. The summed E-state index contributed by atoms with van der Waals surface area (Å²) < 4.78 is 0. The van der Waals surface area contributed by atoms with Crippen LogP contribution >= 0.6 is 0 Å². The summed E-state index contributed by atoms with van der Waals surface area (Å²) in [5, 5.41) is 45.5. The van der Waals surface area contributed by atoms with Gasteiger partial charge in [-0.25, -0.2) is 4.79 Å². The number of amides is 1. The fourth-order valence-electron chi connectivity index (χ4n) is 4.29. The Morgan fingerprint density at radius 1 is 1.00 bits per heavy atom. The molecule has 9 N–H and O–H groups in total. The van der Waals surface area contributed by atoms with Gasteiger partial charge in [0.25, 0.3) is 0 Å². The maximum Gasteiger partial charge on any atom is 0.335 e. The van der Waals surface area contributed by atoms with Gasteiger partial charge >= 0.3 is 11.9 Å². The minimum absolute atomic E-state index is 0.0972. The topological polar surface area (TPSA) is 207 Å². The highest BCUT2D eigenvalue weighted by molar-refractivity contribution is 6.71. The second kappa shape index (κ2) is 15.4. The van der Waals surface area contributed by atoms with Crippen LogP contribution in [0.3, 0.4) is 0 Å². The predicted octanol–water partition coefficient (Wildman–Crippen LogP) is 2.31. The molecule has 222 valence electrons. The average molecular weight is 577 g/mol. The lowest BCUT2D eigenvalue weighted by Gasteiger charge is -2.13. The Balaban J connectivity index is 0.000000540. The van der Waals surface area contributed by atoms with Gasteiger partial charge < -0.3 is 31.9 Å². The number of aliphatic hydroxyl groups is 2. The van der Waals surface area contributed by atoms with Crippen molar-refractivity contribution in [2.24, 2.45) is 21.7 Å². The first-order valence-electron chi connectivity index (χ1n) is 13.4. The third-order valence-electron chi connectivity index (χ3n) is 6.32. The van der Waals surface area contributed by atoms with Gasteiger partial charge in [0.2, 0.25) is 0 Å². The van der Waals surface area contributed by atoms with Gasteiger partial charge in [-0.15, -0.1) is 0 Å². The number of aryl methyl sites for hydroxylation is 2. The van der Waals surface area contributed by atoms with E-state index in [9.17, 15) is 19.8 Å². The van der Waals surface area contributed by atoms with Crippen molar-refractivity contribution in [3.63, 3.8) is 0 Å². The first-order valence-corrected chi connectivity index (χ1v) is 13.4. The summed E-state index contributed by atoms with van der Waals surface area (Å²) >= 11 is 0. The fraction of sp³-hybridized carbons (Fsp3) is 0.267. The Hall–Kier alpha value is -4.62. The molecule has 0 fully saturated rings. The number of hydrogen-bond donors (Lipinski definition) is 7. The molecule has 42 heavy (non-hydrogen) atoms. The van der Waals surface area contributed by atoms with Crippen LogP contribution < -0.4 is 21.9 Å². The van der Waals surface area contributed by atoms with E-state index in [4.69, 9.17) is 21.7 Å². The van der Waals surface area contributed by atoms with Gasteiger partial charge in [-0.2, -0.15) is 15.2 Å². The molecule has 3 aromatic carbocycles. The van der Waals surface area contributed by atoms with Gasteiger partial charge in [-0.3, -0.25) is 10.2 Å². The fourth-order valence-corrected chi connectivity index (χ4v) is 4.29. The van der Waals surface area contributed by atoms with Crippen molar-refractivity contribution >= 4 is 34.7 Å². The number of hydrogen-bond acceptors (Lipinski definition) is 10. The van der Waals surface area contributed by atoms with Gasteiger partial charge in [0.15, 0.2) is 5.71 Å². The molecule has 0 radical (unpaired) electrons. The number of nitrogens with zero attached hydrogens (tertiary/aromatic N) is 3. The van der Waals surface area contributed by atoms with Gasteiger partial charge in [-0.05, 0) is 73.2 Å². The van der Waals surface area contributed by atoms with E-state index in [1.807, 2.05) is 18.2 Å². The van der Waals surface area contributed by atoms with E-state index in [0.29, 0.717) is 35.6 Å². The predicted molar refractivity (Wildman–Crippen MR) is 163 cm³/mol. The van der Waals surface area contributed by atoms with Crippen LogP contribution in [-0.4, -0.2) is 70.0 Å². The zero-order valence-electron chi connectivity index (χ0n) is 23.3. The van der Waals surface area contributed by atoms with E-state index in [2.05, 4.69) is 15.6 Å². The number of aromatic carboxylic acids is 1. The van der Waals surface area contributed by atoms with Crippen LogP contribution in [0.1, 0.15) is 34.8 Å². The normalized spacial score (nSPS) is 14.4. The van der Waals surface area contributed by atoms with Gasteiger partial charge in [0, 0.05) is 18.7 Å². The first-order chi connectivity index (χ1) is 20.2. The molecule has 0 atom stereocenters. The molecule has 1 amide bonds. The second-order valence-electron chi connectivity index (χ2n) is 9.29. The zero-order valence-corrected chi connectivity index (χ0v) is 23.3. The van der Waals surface area contributed by atoms with Gasteiger partial charge in [-0.1, -0.05) is 30.3 Å². The monoisotopic (exact) mass is 576 g/mol. The highest BCUT2D eigenvalue weighted by Crippen LogP contribution is 2.36. The number of nitrogens with one attached hydrogen (secondary N) is 1. The molecule has 12 heteroatoms. The van der Waals surface area contributed by atoms with Crippen molar-refractivity contribution in [1.29, 1.82) is 0 Å². The molecule has 0 unspecified atom stereocenters. The molecular formula is C30H36N6O6. The van der Waals surface area contributed by atoms with E-state index in [-0.39, 0.29) is 41.8 Å². The summed E-state index contributed by atoms with van der Waals surface area (Å²) in [6, 6.07) is 17.3. The van der Waals surface area contributed by atoms with Crippen molar-refractivity contribution < 1.29 is 30.0 Å². The van der Waals surface area contributed by atoms with E-state index in [1.54, 1.807) is 37.3 Å². The van der Waals surface area contributed by atoms with Gasteiger partial charge in [0.05, 0.1) is 35.9 Å². The van der Waals surface area contributed by atoms with Crippen LogP contribution in [0.4, 0.5) is 11.4 Å². The number of carboxylic acids is 1. The number of fused-ring (bicyclic) bond motifs is 1. The zero-order chi connectivity index (χ0) is 30.6. The minimum Gasteiger partial charge on any atom is -0.505 e. The Bertz CT molecular complexity index is 1460. The smallest absolute Gasteiger partial charge is 0.335 e. The molecule has 1 heterocycles. The van der Waals surface area contributed by atoms with Crippen molar-refractivity contribution in [1.82, 2.24) is 0 Å². The Morgan fingerprint density at radius 2 is 1.67 bits per heavy atom. The van der Waals surface area contributed by atoms with Crippen LogP contribution in [0, 0.1) is 0 Å². The van der Waals surface area contributed by atoms with Crippen LogP contribution in [0.2, 0.25) is 0 Å². The maximum absolute atomic E-state index is 13.0. The number of anilines is 2. The number of carboxylic acid groups (broad SMARTS) is 1. The van der Waals surface area contributed by atoms with Crippen LogP contribution in [-0.2, 0) is 17.6 Å². The molecule has 0 saturated carbocycles. The average Bonchev–Trinajstić information content (AvgIpc) is 3.59. The Labute approximate surface area is 243 Å². The van der Waals surface area contributed by atoms with Crippen molar-refractivity contribution in [2.45, 2.75) is 26.2 Å². The van der Waals surface area contributed by atoms with Crippen LogP contribution in [0.25, 0.3) is 11.1 Å². The number of benzene rings is 3. The van der Waals surface area contributed by atoms with Crippen molar-refractivity contribution in [2.75, 3.05) is 36.7 Å². The molecule has 2 aliphatic rings. The van der Waals surface area contributed by atoms with Crippen LogP contribution in [0.15, 0.2) is 70.9 Å². The van der Waals surface area contributed by atoms with E-state index in [1.165, 1.54) is 28.3 Å². The summed E-state index contributed by atoms with van der Waals surface area (Å²) in [5.74, 6) is -1.51. The number of nitrogens with two attached hydrogens (primary N) is 2. The van der Waals surface area contributed by atoms with E-state index < -0.39 is 5.97 Å². The summed E-state index contributed by atoms with van der Waals surface area (Å²) in [7, 11) is 0. The SMILES string of the molecule is CC1=NN(c2ccc3c(c2)CCC3)C(=O)C1=NNc1cccc(-c2cccc(C(=O)O)c2)c1O.NCCO.NCCO. The lowest BCUT2D eigenvalue weighted by molar-refractivity contribution is -0.112. The summed E-state index contributed by atoms with van der Waals surface area (Å²) in [6.45, 7) is 2.65. The number of para-hydroxylation sites is 1. The number of carbonyl (C=O) groups excluding carboxylic acids is 1. The number of aliphatic hydroxyl groups excluding tert-OH is 2. The molecule has 5 rings (SSSR count). The molecule has 12 nitrogen and oxygen atoms in total. The number of rotatable bonds is 7. The standard InChI is InChI=1S/C26H22N4O4.2C2H7NO/c1-15-23(25(32)30(29-15)20-12-11-16-5-2-6-17(16)14-20)28-27-22-10-4-9-21(24(22)31)18-7-3-8-19(13-18)26(33)34;2*3-1-2-4/h3-4,7-14,27,31H,2,5-6H2,1H3,(H,33,34);2*4H,1-3H2. The number of phenols is 1. The number of hydrazone groups is 2. The summed E-state index contributed by atoms with van der Waals surface area (Å²) in [4.78, 5) is 24.3. The maximum atomic E-state index is 13.0. The third kappa shape index (κ3) is 7.77. The molecule has 1 aliphatic heterocycles. The minimum atomic E-state index is -1.05. The second-order valence-corrected chi connectivity index (χ2v) is 9.29. The van der Waals surface area contributed by atoms with Gasteiger partial charge in [0.1, 0.15) is 5.75 Å². The third-order valence-corrected chi connectivity index (χ3v) is 6.32. The quantitative estimate of drug-likeness (QED) is 0.162. The molecule has 0 spiro atoms. The molecule has 0 bridgehead atoms. The molecular weight excluding hydrogens is 540 g/mol. The van der Waals surface area contributed by atoms with Crippen molar-refractivity contribution in [3.8, 4) is 16.9 Å². The number of aromatic hydroxyl groups is 1. The highest BCUT2D eigenvalue weighted by atomic mass is 16.4. The number of phenolic OH excluding ortho intramolecular Hbond substituents is 1. The highest BCUT2D eigenvalue weighted by Gasteiger charge is 2.31. The van der Waals surface area contributed by atoms with Crippen molar-refractivity contribution in [3.05, 3.63) is 77.4 Å². The molecule has 0 aromatic heterocycles. The van der Waals surface area contributed by atoms with E-state index in [0.717, 1.165) is 19.3 Å². The van der Waals surface area contributed by atoms with Crippen LogP contribution in [0.5, 0.6) is 5.75 Å². The lowest BCUT2D eigenvalue weighted by atomic mass is 10.0. The number of carbonyl (C=O) groups is 2. The summed E-state index contributed by atoms with van der Waals surface area (Å²) in [5.41, 5.74) is 17.6. The molecule has 3 aromatic rings. The molecule has 1 aliphatic carbocycles. The molecule has 0 saturated heterocycles. The summed E-state index contributed by atoms with van der Waals surface area (Å²) in [6.07, 6.45) is 3.18. The Kier molecular flexibility index (Phi) is 11.7. The largest absolute Gasteiger partial charge is 0.505 e. The lowest BCUT2D eigenvalue weighted by Crippen LogP contribution is -2.28.